The standard InChI is InChI=1S/C14H17N5O3/c1-8-6-9(12(15)20)7-10-11(8)19(13(16)18-10)5-3-2-4-17-14(21)22/h2-3,6-7,17H,4-5H2,1H3,(H2,15,20)(H2,16,18)(H,21,22)/b3-2+. The van der Waals surface area contributed by atoms with Crippen LogP contribution in [0.1, 0.15) is 15.9 Å². The van der Waals surface area contributed by atoms with Gasteiger partial charge in [-0.1, -0.05) is 12.2 Å². The van der Waals surface area contributed by atoms with Gasteiger partial charge in [0.1, 0.15) is 0 Å². The van der Waals surface area contributed by atoms with Crippen LogP contribution in [0.25, 0.3) is 11.0 Å². The summed E-state index contributed by atoms with van der Waals surface area (Å²) in [5.41, 5.74) is 13.8. The molecule has 0 saturated carbocycles. The lowest BCUT2D eigenvalue weighted by Crippen LogP contribution is -2.20. The molecule has 0 atom stereocenters. The van der Waals surface area contributed by atoms with Gasteiger partial charge in [-0.3, -0.25) is 4.79 Å². The van der Waals surface area contributed by atoms with Gasteiger partial charge < -0.3 is 26.5 Å². The Morgan fingerprint density at radius 3 is 2.77 bits per heavy atom. The van der Waals surface area contributed by atoms with Crippen molar-refractivity contribution in [1.29, 1.82) is 0 Å². The minimum atomic E-state index is -1.08. The largest absolute Gasteiger partial charge is 0.465 e. The average molecular weight is 303 g/mol. The first-order valence-corrected chi connectivity index (χ1v) is 6.58. The van der Waals surface area contributed by atoms with E-state index in [1.54, 1.807) is 28.9 Å². The second kappa shape index (κ2) is 6.17. The number of allylic oxidation sites excluding steroid dienone is 1. The number of nitrogens with zero attached hydrogens (tertiary/aromatic N) is 2. The number of hydrogen-bond donors (Lipinski definition) is 4. The molecule has 0 bridgehead atoms. The molecule has 2 amide bonds. The first-order valence-electron chi connectivity index (χ1n) is 6.58. The van der Waals surface area contributed by atoms with Crippen LogP contribution in [0.3, 0.4) is 0 Å². The van der Waals surface area contributed by atoms with Crippen LogP contribution in [0.4, 0.5) is 10.7 Å². The molecule has 116 valence electrons. The molecule has 0 saturated heterocycles. The third kappa shape index (κ3) is 3.17. The molecule has 0 spiro atoms. The maximum absolute atomic E-state index is 11.3. The van der Waals surface area contributed by atoms with E-state index >= 15 is 0 Å². The highest BCUT2D eigenvalue weighted by Crippen LogP contribution is 2.23. The van der Waals surface area contributed by atoms with E-state index in [1.165, 1.54) is 0 Å². The Bertz CT molecular complexity index is 763. The molecule has 0 radical (unpaired) electrons. The van der Waals surface area contributed by atoms with E-state index in [2.05, 4.69) is 10.3 Å². The van der Waals surface area contributed by atoms with Crippen LogP contribution in [0.5, 0.6) is 0 Å². The second-order valence-corrected chi connectivity index (χ2v) is 4.76. The molecule has 0 fully saturated rings. The van der Waals surface area contributed by atoms with Crippen LogP contribution in [-0.2, 0) is 6.54 Å². The summed E-state index contributed by atoms with van der Waals surface area (Å²) in [4.78, 5) is 25.8. The molecule has 0 unspecified atom stereocenters. The van der Waals surface area contributed by atoms with Gasteiger partial charge in [0, 0.05) is 18.7 Å². The van der Waals surface area contributed by atoms with Crippen LogP contribution >= 0.6 is 0 Å². The first-order chi connectivity index (χ1) is 10.4. The molecule has 0 aliphatic carbocycles. The predicted molar refractivity (Wildman–Crippen MR) is 82.6 cm³/mol. The molecule has 1 aromatic heterocycles. The lowest BCUT2D eigenvalue weighted by Gasteiger charge is -2.06. The molecule has 0 aliphatic heterocycles. The number of benzene rings is 1. The van der Waals surface area contributed by atoms with Crippen molar-refractivity contribution in [3.63, 3.8) is 0 Å². The number of amides is 2. The Labute approximate surface area is 126 Å². The molecule has 2 rings (SSSR count). The molecule has 8 heteroatoms. The lowest BCUT2D eigenvalue weighted by atomic mass is 10.1. The summed E-state index contributed by atoms with van der Waals surface area (Å²) in [6, 6.07) is 3.30. The smallest absolute Gasteiger partial charge is 0.404 e. The van der Waals surface area contributed by atoms with Crippen molar-refractivity contribution in [3.8, 4) is 0 Å². The predicted octanol–water partition coefficient (Wildman–Crippen LogP) is 0.850. The Balaban J connectivity index is 2.28. The van der Waals surface area contributed by atoms with Crippen molar-refractivity contribution < 1.29 is 14.7 Å². The van der Waals surface area contributed by atoms with Gasteiger partial charge in [0.25, 0.3) is 0 Å². The molecule has 22 heavy (non-hydrogen) atoms. The second-order valence-electron chi connectivity index (χ2n) is 4.76. The molecule has 8 nitrogen and oxygen atoms in total. The number of anilines is 1. The van der Waals surface area contributed by atoms with Gasteiger partial charge >= 0.3 is 6.09 Å². The number of rotatable bonds is 5. The van der Waals surface area contributed by atoms with Gasteiger partial charge in [0.2, 0.25) is 11.9 Å². The molecular weight excluding hydrogens is 286 g/mol. The third-order valence-corrected chi connectivity index (χ3v) is 3.17. The van der Waals surface area contributed by atoms with Crippen molar-refractivity contribution in [2.24, 2.45) is 5.73 Å². The van der Waals surface area contributed by atoms with Crippen molar-refractivity contribution in [1.82, 2.24) is 14.9 Å². The zero-order valence-corrected chi connectivity index (χ0v) is 12.0. The fourth-order valence-electron chi connectivity index (χ4n) is 2.23. The lowest BCUT2D eigenvalue weighted by molar-refractivity contribution is 0.1000. The number of nitrogens with two attached hydrogens (primary N) is 2. The van der Waals surface area contributed by atoms with E-state index in [4.69, 9.17) is 16.6 Å². The Morgan fingerprint density at radius 2 is 2.14 bits per heavy atom. The first kappa shape index (κ1) is 15.4. The summed E-state index contributed by atoms with van der Waals surface area (Å²) in [5.74, 6) is -0.201. The number of hydrogen-bond acceptors (Lipinski definition) is 4. The van der Waals surface area contributed by atoms with Gasteiger partial charge in [-0.25, -0.2) is 9.78 Å². The van der Waals surface area contributed by atoms with E-state index in [-0.39, 0.29) is 6.54 Å². The maximum Gasteiger partial charge on any atom is 0.404 e. The Morgan fingerprint density at radius 1 is 1.41 bits per heavy atom. The van der Waals surface area contributed by atoms with Gasteiger partial charge in [0.15, 0.2) is 0 Å². The molecule has 1 aromatic carbocycles. The van der Waals surface area contributed by atoms with Crippen molar-refractivity contribution in [2.75, 3.05) is 12.3 Å². The quantitative estimate of drug-likeness (QED) is 0.607. The summed E-state index contributed by atoms with van der Waals surface area (Å²) in [5, 5.41) is 10.7. The number of imidazole rings is 1. The molecule has 6 N–H and O–H groups in total. The topological polar surface area (TPSA) is 136 Å². The zero-order chi connectivity index (χ0) is 16.3. The van der Waals surface area contributed by atoms with E-state index in [9.17, 15) is 9.59 Å². The summed E-state index contributed by atoms with van der Waals surface area (Å²) >= 11 is 0. The molecular formula is C14H17N5O3. The fourth-order valence-corrected chi connectivity index (χ4v) is 2.23. The van der Waals surface area contributed by atoms with Crippen LogP contribution < -0.4 is 16.8 Å². The summed E-state index contributed by atoms with van der Waals surface area (Å²) < 4.78 is 1.78. The van der Waals surface area contributed by atoms with Crippen molar-refractivity contribution >= 4 is 29.0 Å². The van der Waals surface area contributed by atoms with Crippen molar-refractivity contribution in [3.05, 3.63) is 35.4 Å². The molecule has 2 aromatic rings. The summed E-state index contributed by atoms with van der Waals surface area (Å²) in [7, 11) is 0. The highest BCUT2D eigenvalue weighted by atomic mass is 16.4. The average Bonchev–Trinajstić information content (AvgIpc) is 2.74. The maximum atomic E-state index is 11.3. The summed E-state index contributed by atoms with van der Waals surface area (Å²) in [6.45, 7) is 2.51. The van der Waals surface area contributed by atoms with Gasteiger partial charge in [-0.2, -0.15) is 0 Å². The third-order valence-electron chi connectivity index (χ3n) is 3.17. The Kier molecular flexibility index (Phi) is 4.31. The number of aromatic nitrogens is 2. The van der Waals surface area contributed by atoms with Crippen molar-refractivity contribution in [2.45, 2.75) is 13.5 Å². The van der Waals surface area contributed by atoms with Crippen LogP contribution in [0.15, 0.2) is 24.3 Å². The zero-order valence-electron chi connectivity index (χ0n) is 12.0. The van der Waals surface area contributed by atoms with E-state index in [0.29, 0.717) is 23.6 Å². The number of carbonyl (C=O) groups is 2. The minimum Gasteiger partial charge on any atom is -0.465 e. The number of carbonyl (C=O) groups excluding carboxylic acids is 1. The van der Waals surface area contributed by atoms with E-state index in [1.807, 2.05) is 6.92 Å². The van der Waals surface area contributed by atoms with Gasteiger partial charge in [-0.05, 0) is 24.6 Å². The number of primary amides is 1. The van der Waals surface area contributed by atoms with E-state index < -0.39 is 12.0 Å². The normalized spacial score (nSPS) is 11.1. The SMILES string of the molecule is Cc1cc(C(N)=O)cc2nc(N)n(C/C=C/CNC(=O)O)c12. The fraction of sp³-hybridized carbons (Fsp3) is 0.214. The Hall–Kier alpha value is -3.03. The van der Waals surface area contributed by atoms with Gasteiger partial charge in [0.05, 0.1) is 11.0 Å². The van der Waals surface area contributed by atoms with Crippen LogP contribution in [0.2, 0.25) is 0 Å². The highest BCUT2D eigenvalue weighted by molar-refractivity contribution is 5.97. The number of aryl methyl sites for hydroxylation is 1. The number of fused-ring (bicyclic) bond motifs is 1. The number of carboxylic acid groups (broad SMARTS) is 1. The minimum absolute atomic E-state index is 0.215. The number of nitrogens with one attached hydrogen (secondary N) is 1. The van der Waals surface area contributed by atoms with E-state index in [0.717, 1.165) is 11.1 Å². The van der Waals surface area contributed by atoms with Crippen LogP contribution in [0, 0.1) is 6.92 Å². The van der Waals surface area contributed by atoms with Gasteiger partial charge in [-0.15, -0.1) is 0 Å². The highest BCUT2D eigenvalue weighted by Gasteiger charge is 2.12. The number of nitrogen functional groups attached to an aromatic ring is 1. The summed E-state index contributed by atoms with van der Waals surface area (Å²) in [6.07, 6.45) is 2.40. The molecule has 0 aliphatic rings. The van der Waals surface area contributed by atoms with Crippen LogP contribution in [-0.4, -0.2) is 33.2 Å². The monoisotopic (exact) mass is 303 g/mol. The molecule has 1 heterocycles.